The molecule has 0 radical (unpaired) electrons. The summed E-state index contributed by atoms with van der Waals surface area (Å²) in [5, 5.41) is 10.1. The highest BCUT2D eigenvalue weighted by molar-refractivity contribution is 7.84. The standard InChI is InChI=1S/C12H12ClNO2S/c13-12-10(8-17(16)6-5-15)7-9-3-1-2-4-11(9)14-12/h1-4,7,15H,5-6,8H2. The third-order valence-corrected chi connectivity index (χ3v) is 3.98. The Morgan fingerprint density at radius 1 is 1.35 bits per heavy atom. The van der Waals surface area contributed by atoms with Crippen molar-refractivity contribution in [3.8, 4) is 0 Å². The Balaban J connectivity index is 2.34. The molecule has 2 rings (SSSR count). The number of pyridine rings is 1. The Morgan fingerprint density at radius 3 is 2.88 bits per heavy atom. The molecule has 90 valence electrons. The van der Waals surface area contributed by atoms with Crippen molar-refractivity contribution >= 4 is 33.3 Å². The first-order valence-corrected chi connectivity index (χ1v) is 7.07. The molecule has 0 aliphatic rings. The minimum absolute atomic E-state index is 0.0781. The molecule has 0 fully saturated rings. The number of aliphatic hydroxyl groups excluding tert-OH is 1. The first-order chi connectivity index (χ1) is 8.20. The average molecular weight is 270 g/mol. The van der Waals surface area contributed by atoms with E-state index in [1.807, 2.05) is 30.3 Å². The molecule has 1 unspecified atom stereocenters. The van der Waals surface area contributed by atoms with Gasteiger partial charge in [0.05, 0.1) is 17.9 Å². The van der Waals surface area contributed by atoms with E-state index in [1.54, 1.807) is 0 Å². The highest BCUT2D eigenvalue weighted by Crippen LogP contribution is 2.21. The largest absolute Gasteiger partial charge is 0.395 e. The second kappa shape index (κ2) is 5.58. The second-order valence-corrected chi connectivity index (χ2v) is 5.58. The van der Waals surface area contributed by atoms with E-state index >= 15 is 0 Å². The Morgan fingerprint density at radius 2 is 2.12 bits per heavy atom. The number of fused-ring (bicyclic) bond motifs is 1. The summed E-state index contributed by atoms with van der Waals surface area (Å²) >= 11 is 6.04. The minimum atomic E-state index is -1.10. The monoisotopic (exact) mass is 269 g/mol. The molecule has 1 aromatic carbocycles. The number of para-hydroxylation sites is 1. The fraction of sp³-hybridized carbons (Fsp3) is 0.250. The summed E-state index contributed by atoms with van der Waals surface area (Å²) in [7, 11) is -1.10. The maximum atomic E-state index is 11.6. The Bertz CT molecular complexity index is 559. The quantitative estimate of drug-likeness (QED) is 0.865. The molecule has 5 heteroatoms. The normalized spacial score (nSPS) is 12.8. The van der Waals surface area contributed by atoms with E-state index < -0.39 is 10.8 Å². The van der Waals surface area contributed by atoms with E-state index in [2.05, 4.69) is 4.98 Å². The summed E-state index contributed by atoms with van der Waals surface area (Å²) in [5.74, 6) is 0.598. The lowest BCUT2D eigenvalue weighted by molar-refractivity contribution is 0.321. The van der Waals surface area contributed by atoms with Crippen LogP contribution in [0, 0.1) is 0 Å². The average Bonchev–Trinajstić information content (AvgIpc) is 2.30. The summed E-state index contributed by atoms with van der Waals surface area (Å²) in [6.45, 7) is -0.0781. The smallest absolute Gasteiger partial charge is 0.133 e. The Kier molecular flexibility index (Phi) is 4.10. The van der Waals surface area contributed by atoms with Gasteiger partial charge in [0.1, 0.15) is 5.15 Å². The fourth-order valence-corrected chi connectivity index (χ4v) is 2.79. The third kappa shape index (κ3) is 3.03. The topological polar surface area (TPSA) is 50.2 Å². The van der Waals surface area contributed by atoms with Crippen molar-refractivity contribution in [2.75, 3.05) is 12.4 Å². The van der Waals surface area contributed by atoms with Crippen molar-refractivity contribution in [2.45, 2.75) is 5.75 Å². The van der Waals surface area contributed by atoms with Crippen molar-refractivity contribution in [2.24, 2.45) is 0 Å². The maximum Gasteiger partial charge on any atom is 0.133 e. The van der Waals surface area contributed by atoms with Crippen LogP contribution in [0.3, 0.4) is 0 Å². The molecule has 0 saturated heterocycles. The third-order valence-electron chi connectivity index (χ3n) is 2.39. The zero-order valence-corrected chi connectivity index (χ0v) is 10.7. The molecule has 3 nitrogen and oxygen atoms in total. The molecule has 0 aliphatic carbocycles. The van der Waals surface area contributed by atoms with Gasteiger partial charge in [-0.15, -0.1) is 0 Å². The van der Waals surface area contributed by atoms with Crippen molar-refractivity contribution in [3.05, 3.63) is 41.0 Å². The second-order valence-electron chi connectivity index (χ2n) is 3.64. The molecule has 0 aliphatic heterocycles. The lowest BCUT2D eigenvalue weighted by Gasteiger charge is -2.05. The number of hydrogen-bond donors (Lipinski definition) is 1. The molecule has 17 heavy (non-hydrogen) atoms. The van der Waals surface area contributed by atoms with E-state index in [-0.39, 0.29) is 12.4 Å². The summed E-state index contributed by atoms with van der Waals surface area (Å²) in [5.41, 5.74) is 1.59. The van der Waals surface area contributed by atoms with Gasteiger partial charge >= 0.3 is 0 Å². The fourth-order valence-electron chi connectivity index (χ4n) is 1.58. The zero-order valence-electron chi connectivity index (χ0n) is 9.10. The van der Waals surface area contributed by atoms with E-state index in [9.17, 15) is 4.21 Å². The lowest BCUT2D eigenvalue weighted by Crippen LogP contribution is -2.05. The molecule has 0 bridgehead atoms. The number of aliphatic hydroxyl groups is 1. The summed E-state index contributed by atoms with van der Waals surface area (Å²) in [6.07, 6.45) is 0. The predicted octanol–water partition coefficient (Wildman–Crippen LogP) is 2.13. The molecule has 0 spiro atoms. The van der Waals surface area contributed by atoms with Crippen molar-refractivity contribution < 1.29 is 9.32 Å². The van der Waals surface area contributed by atoms with Gasteiger partial charge in [0.25, 0.3) is 0 Å². The Hall–Kier alpha value is -0.970. The van der Waals surface area contributed by atoms with E-state index in [0.29, 0.717) is 10.9 Å². The van der Waals surface area contributed by atoms with Gasteiger partial charge in [-0.05, 0) is 12.1 Å². The van der Waals surface area contributed by atoms with Gasteiger partial charge < -0.3 is 5.11 Å². The van der Waals surface area contributed by atoms with E-state index in [0.717, 1.165) is 16.5 Å². The number of aromatic nitrogens is 1. The maximum absolute atomic E-state index is 11.6. The number of nitrogens with zero attached hydrogens (tertiary/aromatic N) is 1. The highest BCUT2D eigenvalue weighted by atomic mass is 35.5. The molecule has 0 amide bonds. The van der Waals surface area contributed by atoms with Gasteiger partial charge in [-0.25, -0.2) is 4.98 Å². The molecule has 0 saturated carbocycles. The van der Waals surface area contributed by atoms with Crippen LogP contribution in [-0.2, 0) is 16.6 Å². The van der Waals surface area contributed by atoms with Crippen LogP contribution in [0.5, 0.6) is 0 Å². The molecule has 1 N–H and O–H groups in total. The van der Waals surface area contributed by atoms with E-state index in [1.165, 1.54) is 0 Å². The SMILES string of the molecule is O=S(CCO)Cc1cc2ccccc2nc1Cl. The van der Waals surface area contributed by atoms with Crippen LogP contribution < -0.4 is 0 Å². The van der Waals surface area contributed by atoms with Crippen LogP contribution >= 0.6 is 11.6 Å². The van der Waals surface area contributed by atoms with Crippen molar-refractivity contribution in [1.82, 2.24) is 4.98 Å². The molecule has 1 aromatic heterocycles. The lowest BCUT2D eigenvalue weighted by atomic mass is 10.2. The molecule has 1 heterocycles. The van der Waals surface area contributed by atoms with Crippen LogP contribution in [0.2, 0.25) is 5.15 Å². The molecule has 2 aromatic rings. The van der Waals surface area contributed by atoms with Gasteiger partial charge in [0, 0.05) is 27.5 Å². The number of hydrogen-bond acceptors (Lipinski definition) is 3. The summed E-state index contributed by atoms with van der Waals surface area (Å²) in [4.78, 5) is 4.26. The van der Waals surface area contributed by atoms with Gasteiger partial charge in [0.15, 0.2) is 0 Å². The van der Waals surface area contributed by atoms with Gasteiger partial charge in [0.2, 0.25) is 0 Å². The Labute approximate surface area is 107 Å². The van der Waals surface area contributed by atoms with Crippen LogP contribution in [0.1, 0.15) is 5.56 Å². The molecular weight excluding hydrogens is 258 g/mol. The predicted molar refractivity (Wildman–Crippen MR) is 70.6 cm³/mol. The van der Waals surface area contributed by atoms with Crippen molar-refractivity contribution in [3.63, 3.8) is 0 Å². The first-order valence-electron chi connectivity index (χ1n) is 5.20. The van der Waals surface area contributed by atoms with Crippen LogP contribution in [0.4, 0.5) is 0 Å². The van der Waals surface area contributed by atoms with Gasteiger partial charge in [-0.2, -0.15) is 0 Å². The molecule has 1 atom stereocenters. The number of halogens is 1. The molecular formula is C12H12ClNO2S. The van der Waals surface area contributed by atoms with Crippen LogP contribution in [0.15, 0.2) is 30.3 Å². The summed E-state index contributed by atoms with van der Waals surface area (Å²) in [6, 6.07) is 9.55. The highest BCUT2D eigenvalue weighted by Gasteiger charge is 2.08. The van der Waals surface area contributed by atoms with Crippen molar-refractivity contribution in [1.29, 1.82) is 0 Å². The zero-order chi connectivity index (χ0) is 12.3. The van der Waals surface area contributed by atoms with Crippen LogP contribution in [0.25, 0.3) is 10.9 Å². The summed E-state index contributed by atoms with van der Waals surface area (Å²) < 4.78 is 11.6. The first kappa shape index (κ1) is 12.5. The van der Waals surface area contributed by atoms with E-state index in [4.69, 9.17) is 16.7 Å². The van der Waals surface area contributed by atoms with Gasteiger partial charge in [-0.1, -0.05) is 29.8 Å². The minimum Gasteiger partial charge on any atom is -0.395 e. The van der Waals surface area contributed by atoms with Crippen LogP contribution in [-0.4, -0.2) is 26.7 Å². The number of rotatable bonds is 4. The number of benzene rings is 1. The van der Waals surface area contributed by atoms with Gasteiger partial charge in [-0.3, -0.25) is 4.21 Å².